The third-order valence-corrected chi connectivity index (χ3v) is 6.20. The van der Waals surface area contributed by atoms with Gasteiger partial charge >= 0.3 is 0 Å². The number of Topliss-reactive ketones (excluding diaryl/α,β-unsaturated/α-hetero) is 1. The lowest BCUT2D eigenvalue weighted by atomic mass is 9.96. The smallest absolute Gasteiger partial charge is 0.300 e. The third-order valence-electron chi connectivity index (χ3n) is 6.20. The van der Waals surface area contributed by atoms with E-state index < -0.39 is 17.7 Å². The maximum atomic E-state index is 13.4. The molecule has 4 aromatic rings. The molecule has 1 unspecified atom stereocenters. The summed E-state index contributed by atoms with van der Waals surface area (Å²) in [6.07, 6.45) is 3.20. The number of rotatable bonds is 7. The lowest BCUT2D eigenvalue weighted by Crippen LogP contribution is -2.29. The molecule has 0 saturated carbocycles. The van der Waals surface area contributed by atoms with Crippen molar-refractivity contribution >= 4 is 23.1 Å². The molecule has 1 atom stereocenters. The van der Waals surface area contributed by atoms with E-state index in [1.165, 1.54) is 4.90 Å². The zero-order valence-electron chi connectivity index (χ0n) is 21.0. The van der Waals surface area contributed by atoms with Gasteiger partial charge in [-0.05, 0) is 79.6 Å². The molecule has 3 aromatic carbocycles. The van der Waals surface area contributed by atoms with Crippen LogP contribution in [0.2, 0.25) is 0 Å². The summed E-state index contributed by atoms with van der Waals surface area (Å²) in [6, 6.07) is 24.0. The van der Waals surface area contributed by atoms with E-state index in [1.54, 1.807) is 73.1 Å². The van der Waals surface area contributed by atoms with Gasteiger partial charge in [0.1, 0.15) is 23.0 Å². The van der Waals surface area contributed by atoms with E-state index in [4.69, 9.17) is 9.47 Å². The third kappa shape index (κ3) is 4.86. The Balaban J connectivity index is 1.56. The minimum absolute atomic E-state index is 0.0169. The number of nitrogens with zero attached hydrogens (tertiary/aromatic N) is 2. The molecule has 0 aliphatic carbocycles. The monoisotopic (exact) mass is 506 g/mol. The van der Waals surface area contributed by atoms with Gasteiger partial charge in [0, 0.05) is 23.6 Å². The van der Waals surface area contributed by atoms with Gasteiger partial charge in [-0.15, -0.1) is 0 Å². The van der Waals surface area contributed by atoms with Crippen LogP contribution >= 0.6 is 0 Å². The average Bonchev–Trinajstić information content (AvgIpc) is 3.20. The highest BCUT2D eigenvalue weighted by molar-refractivity contribution is 6.51. The first-order valence-electron chi connectivity index (χ1n) is 12.2. The van der Waals surface area contributed by atoms with Crippen LogP contribution in [-0.2, 0) is 9.59 Å². The van der Waals surface area contributed by atoms with Crippen LogP contribution in [0.4, 0.5) is 5.69 Å². The first-order valence-corrected chi connectivity index (χ1v) is 12.2. The van der Waals surface area contributed by atoms with E-state index in [0.717, 1.165) is 5.56 Å². The van der Waals surface area contributed by atoms with Crippen molar-refractivity contribution in [2.24, 2.45) is 0 Å². The molecule has 7 nitrogen and oxygen atoms in total. The summed E-state index contributed by atoms with van der Waals surface area (Å²) in [7, 11) is 0. The summed E-state index contributed by atoms with van der Waals surface area (Å²) in [4.78, 5) is 32.3. The summed E-state index contributed by atoms with van der Waals surface area (Å²) < 4.78 is 11.5. The van der Waals surface area contributed by atoms with Crippen LogP contribution in [0, 0.1) is 6.92 Å². The van der Waals surface area contributed by atoms with E-state index in [-0.39, 0.29) is 11.3 Å². The number of aryl methyl sites for hydroxylation is 1. The normalized spacial score (nSPS) is 16.5. The number of pyridine rings is 1. The first kappa shape index (κ1) is 24.8. The Morgan fingerprint density at radius 1 is 0.921 bits per heavy atom. The number of ether oxygens (including phenoxy) is 2. The molecule has 0 radical (unpaired) electrons. The number of hydrogen-bond donors (Lipinski definition) is 1. The second kappa shape index (κ2) is 10.6. The van der Waals surface area contributed by atoms with Crippen molar-refractivity contribution in [3.05, 3.63) is 120 Å². The molecule has 1 fully saturated rings. The van der Waals surface area contributed by atoms with E-state index in [9.17, 15) is 14.7 Å². The molecule has 38 heavy (non-hydrogen) atoms. The summed E-state index contributed by atoms with van der Waals surface area (Å²) in [6.45, 7) is 4.30. The van der Waals surface area contributed by atoms with Crippen LogP contribution in [0.3, 0.4) is 0 Å². The van der Waals surface area contributed by atoms with Crippen molar-refractivity contribution in [3.63, 3.8) is 0 Å². The van der Waals surface area contributed by atoms with Crippen LogP contribution in [-0.4, -0.2) is 28.4 Å². The molecular weight excluding hydrogens is 480 g/mol. The number of amides is 1. The van der Waals surface area contributed by atoms with Crippen molar-refractivity contribution < 1.29 is 24.2 Å². The van der Waals surface area contributed by atoms with E-state index in [1.807, 2.05) is 38.1 Å². The van der Waals surface area contributed by atoms with E-state index >= 15 is 0 Å². The lowest BCUT2D eigenvalue weighted by Gasteiger charge is -2.25. The Kier molecular flexibility index (Phi) is 6.91. The number of aromatic nitrogens is 1. The van der Waals surface area contributed by atoms with Gasteiger partial charge in [0.25, 0.3) is 11.7 Å². The largest absolute Gasteiger partial charge is 0.507 e. The van der Waals surface area contributed by atoms with Crippen molar-refractivity contribution in [2.75, 3.05) is 11.5 Å². The van der Waals surface area contributed by atoms with Gasteiger partial charge in [0.2, 0.25) is 0 Å². The van der Waals surface area contributed by atoms with Crippen molar-refractivity contribution in [1.82, 2.24) is 4.98 Å². The molecule has 1 saturated heterocycles. The van der Waals surface area contributed by atoms with Gasteiger partial charge in [-0.3, -0.25) is 19.5 Å². The standard InChI is InChI=1S/C31H26N2O5/c1-3-37-25-10-5-8-21(18-25)29(34)27-28(22-9-6-16-32-19-22)33(31(36)30(27)35)23-12-14-24(15-13-23)38-26-11-4-7-20(2)17-26/h4-19,28,34H,3H2,1-2H3/b29-27-. The zero-order chi connectivity index (χ0) is 26.6. The molecule has 190 valence electrons. The molecule has 0 spiro atoms. The summed E-state index contributed by atoms with van der Waals surface area (Å²) >= 11 is 0. The Bertz CT molecular complexity index is 1510. The second-order valence-electron chi connectivity index (χ2n) is 8.83. The fourth-order valence-corrected chi connectivity index (χ4v) is 4.50. The second-order valence-corrected chi connectivity index (χ2v) is 8.83. The maximum absolute atomic E-state index is 13.4. The van der Waals surface area contributed by atoms with Crippen LogP contribution in [0.1, 0.15) is 29.7 Å². The van der Waals surface area contributed by atoms with Crippen LogP contribution in [0.25, 0.3) is 5.76 Å². The molecule has 1 aliphatic heterocycles. The van der Waals surface area contributed by atoms with Crippen molar-refractivity contribution in [1.29, 1.82) is 0 Å². The fourth-order valence-electron chi connectivity index (χ4n) is 4.50. The van der Waals surface area contributed by atoms with Crippen molar-refractivity contribution in [3.8, 4) is 17.2 Å². The molecule has 0 bridgehead atoms. The summed E-state index contributed by atoms with van der Waals surface area (Å²) in [5, 5.41) is 11.3. The van der Waals surface area contributed by atoms with Gasteiger partial charge in [0.05, 0.1) is 18.2 Å². The highest BCUT2D eigenvalue weighted by Gasteiger charge is 2.47. The number of carbonyl (C=O) groups excluding carboxylic acids is 2. The fraction of sp³-hybridized carbons (Fsp3) is 0.129. The Morgan fingerprint density at radius 3 is 2.39 bits per heavy atom. The Hall–Kier alpha value is -4.91. The predicted molar refractivity (Wildman–Crippen MR) is 144 cm³/mol. The number of benzene rings is 3. The minimum Gasteiger partial charge on any atom is -0.507 e. The molecule has 1 N–H and O–H groups in total. The number of aliphatic hydroxyl groups is 1. The predicted octanol–water partition coefficient (Wildman–Crippen LogP) is 6.21. The molecule has 1 aromatic heterocycles. The highest BCUT2D eigenvalue weighted by Crippen LogP contribution is 2.42. The van der Waals surface area contributed by atoms with Crippen molar-refractivity contribution in [2.45, 2.75) is 19.9 Å². The zero-order valence-corrected chi connectivity index (χ0v) is 21.0. The summed E-state index contributed by atoms with van der Waals surface area (Å²) in [5.41, 5.74) is 2.51. The number of anilines is 1. The van der Waals surface area contributed by atoms with Gasteiger partial charge in [-0.1, -0.05) is 30.3 Å². The topological polar surface area (TPSA) is 89.0 Å². The Morgan fingerprint density at radius 2 is 1.68 bits per heavy atom. The minimum atomic E-state index is -0.872. The van der Waals surface area contributed by atoms with Gasteiger partial charge in [-0.25, -0.2) is 0 Å². The number of carbonyl (C=O) groups is 2. The van der Waals surface area contributed by atoms with Crippen LogP contribution in [0.15, 0.2) is 103 Å². The van der Waals surface area contributed by atoms with Crippen LogP contribution in [0.5, 0.6) is 17.2 Å². The quantitative estimate of drug-likeness (QED) is 0.182. The summed E-state index contributed by atoms with van der Waals surface area (Å²) in [5.74, 6) is 0.0324. The highest BCUT2D eigenvalue weighted by atomic mass is 16.5. The number of ketones is 1. The van der Waals surface area contributed by atoms with Gasteiger partial charge < -0.3 is 14.6 Å². The Labute approximate surface area is 220 Å². The SMILES string of the molecule is CCOc1cccc(/C(O)=C2/C(=O)C(=O)N(c3ccc(Oc4cccc(C)c4)cc3)C2c2cccnc2)c1. The molecule has 1 aliphatic rings. The number of hydrogen-bond acceptors (Lipinski definition) is 6. The first-order chi connectivity index (χ1) is 18.5. The molecule has 5 rings (SSSR count). The van der Waals surface area contributed by atoms with E-state index in [2.05, 4.69) is 4.98 Å². The van der Waals surface area contributed by atoms with Crippen LogP contribution < -0.4 is 14.4 Å². The maximum Gasteiger partial charge on any atom is 0.300 e. The molecule has 2 heterocycles. The molecule has 1 amide bonds. The van der Waals surface area contributed by atoms with Gasteiger partial charge in [-0.2, -0.15) is 0 Å². The lowest BCUT2D eigenvalue weighted by molar-refractivity contribution is -0.132. The molecule has 7 heteroatoms. The number of aliphatic hydroxyl groups excluding tert-OH is 1. The molecular formula is C31H26N2O5. The van der Waals surface area contributed by atoms with Gasteiger partial charge in [0.15, 0.2) is 0 Å². The van der Waals surface area contributed by atoms with E-state index in [0.29, 0.717) is 40.7 Å². The average molecular weight is 507 g/mol.